The second kappa shape index (κ2) is 4.48. The van der Waals surface area contributed by atoms with Crippen LogP contribution >= 0.6 is 0 Å². The maximum absolute atomic E-state index is 10.9. The summed E-state index contributed by atoms with van der Waals surface area (Å²) in [6.07, 6.45) is 1.30. The number of carbonyl (C=O) groups excluding carboxylic acids is 1. The number of nitrogens with one attached hydrogen (secondary N) is 1. The third-order valence-corrected chi connectivity index (χ3v) is 2.11. The van der Waals surface area contributed by atoms with Gasteiger partial charge in [-0.15, -0.1) is 0 Å². The molecule has 0 atom stereocenters. The average Bonchev–Trinajstić information content (AvgIpc) is 2.30. The van der Waals surface area contributed by atoms with E-state index in [4.69, 9.17) is 11.5 Å². The van der Waals surface area contributed by atoms with Crippen molar-refractivity contribution in [1.29, 1.82) is 0 Å². The number of anilines is 3. The lowest BCUT2D eigenvalue weighted by molar-refractivity contribution is 0.100. The average molecular weight is 229 g/mol. The van der Waals surface area contributed by atoms with Crippen LogP contribution < -0.4 is 16.8 Å². The molecule has 6 heteroatoms. The molecule has 0 saturated carbocycles. The summed E-state index contributed by atoms with van der Waals surface area (Å²) in [5, 5.41) is 2.96. The van der Waals surface area contributed by atoms with E-state index in [9.17, 15) is 4.79 Å². The van der Waals surface area contributed by atoms with E-state index in [1.54, 1.807) is 0 Å². The number of hydrogen-bond acceptors (Lipinski definition) is 5. The SMILES string of the molecule is NC(=O)c1cnc(Nc2ccccc2)nc1N. The lowest BCUT2D eigenvalue weighted by Gasteiger charge is -2.06. The molecule has 0 radical (unpaired) electrons. The second-order valence-electron chi connectivity index (χ2n) is 3.35. The summed E-state index contributed by atoms with van der Waals surface area (Å²) in [5.41, 5.74) is 11.6. The number of para-hydroxylation sites is 1. The first kappa shape index (κ1) is 10.9. The lowest BCUT2D eigenvalue weighted by Crippen LogP contribution is -2.15. The lowest BCUT2D eigenvalue weighted by atomic mass is 10.3. The van der Waals surface area contributed by atoms with E-state index >= 15 is 0 Å². The Hall–Kier alpha value is -2.63. The normalized spacial score (nSPS) is 9.88. The van der Waals surface area contributed by atoms with Gasteiger partial charge in [-0.25, -0.2) is 4.98 Å². The van der Waals surface area contributed by atoms with Crippen LogP contribution in [0.5, 0.6) is 0 Å². The number of amides is 1. The minimum atomic E-state index is -0.645. The highest BCUT2D eigenvalue weighted by atomic mass is 16.1. The van der Waals surface area contributed by atoms with E-state index in [2.05, 4.69) is 15.3 Å². The van der Waals surface area contributed by atoms with Gasteiger partial charge in [0.05, 0.1) is 5.56 Å². The van der Waals surface area contributed by atoms with Gasteiger partial charge in [0.1, 0.15) is 5.82 Å². The van der Waals surface area contributed by atoms with Crippen LogP contribution in [0.15, 0.2) is 36.5 Å². The van der Waals surface area contributed by atoms with Gasteiger partial charge in [-0.3, -0.25) is 4.79 Å². The minimum Gasteiger partial charge on any atom is -0.383 e. The molecule has 0 aliphatic heterocycles. The van der Waals surface area contributed by atoms with E-state index in [0.29, 0.717) is 5.95 Å². The zero-order valence-electron chi connectivity index (χ0n) is 8.92. The molecule has 0 unspecified atom stereocenters. The maximum atomic E-state index is 10.9. The van der Waals surface area contributed by atoms with Crippen molar-refractivity contribution in [3.63, 3.8) is 0 Å². The summed E-state index contributed by atoms with van der Waals surface area (Å²) in [6.45, 7) is 0. The zero-order valence-corrected chi connectivity index (χ0v) is 8.92. The smallest absolute Gasteiger partial charge is 0.254 e. The van der Waals surface area contributed by atoms with Gasteiger partial charge >= 0.3 is 0 Å². The molecule has 2 rings (SSSR count). The Kier molecular flexibility index (Phi) is 2.87. The Morgan fingerprint density at radius 1 is 1.24 bits per heavy atom. The summed E-state index contributed by atoms with van der Waals surface area (Å²) >= 11 is 0. The van der Waals surface area contributed by atoms with E-state index in [1.807, 2.05) is 30.3 Å². The van der Waals surface area contributed by atoms with Crippen molar-refractivity contribution in [2.45, 2.75) is 0 Å². The van der Waals surface area contributed by atoms with E-state index < -0.39 is 5.91 Å². The van der Waals surface area contributed by atoms with Crippen LogP contribution in [0, 0.1) is 0 Å². The predicted molar refractivity (Wildman–Crippen MR) is 64.7 cm³/mol. The summed E-state index contributed by atoms with van der Waals surface area (Å²) in [7, 11) is 0. The van der Waals surface area contributed by atoms with Crippen LogP contribution in [-0.4, -0.2) is 15.9 Å². The molecule has 1 aromatic carbocycles. The van der Waals surface area contributed by atoms with Crippen LogP contribution in [0.2, 0.25) is 0 Å². The third kappa shape index (κ3) is 2.49. The molecule has 1 heterocycles. The Morgan fingerprint density at radius 2 is 1.94 bits per heavy atom. The number of rotatable bonds is 3. The van der Waals surface area contributed by atoms with E-state index in [0.717, 1.165) is 5.69 Å². The van der Waals surface area contributed by atoms with Crippen molar-refractivity contribution in [1.82, 2.24) is 9.97 Å². The molecule has 0 aliphatic carbocycles. The van der Waals surface area contributed by atoms with Crippen LogP contribution in [0.3, 0.4) is 0 Å². The molecular formula is C11H11N5O. The predicted octanol–water partition coefficient (Wildman–Crippen LogP) is 0.901. The molecule has 6 nitrogen and oxygen atoms in total. The van der Waals surface area contributed by atoms with Crippen LogP contribution in [-0.2, 0) is 0 Å². The Labute approximate surface area is 97.7 Å². The minimum absolute atomic E-state index is 0.0610. The fourth-order valence-electron chi connectivity index (χ4n) is 1.30. The van der Waals surface area contributed by atoms with Gasteiger partial charge in [0.25, 0.3) is 5.91 Å². The molecule has 86 valence electrons. The Bertz CT molecular complexity index is 541. The standard InChI is InChI=1S/C11H11N5O/c12-9-8(10(13)17)6-14-11(16-9)15-7-4-2-1-3-5-7/h1-6H,(H2,13,17)(H3,12,14,15,16). The molecule has 1 aromatic heterocycles. The van der Waals surface area contributed by atoms with Crippen molar-refractivity contribution in [2.75, 3.05) is 11.1 Å². The first-order valence-electron chi connectivity index (χ1n) is 4.91. The van der Waals surface area contributed by atoms with Gasteiger partial charge < -0.3 is 16.8 Å². The molecule has 17 heavy (non-hydrogen) atoms. The fraction of sp³-hybridized carbons (Fsp3) is 0. The van der Waals surface area contributed by atoms with Gasteiger partial charge in [-0.05, 0) is 12.1 Å². The quantitative estimate of drug-likeness (QED) is 0.724. The monoisotopic (exact) mass is 229 g/mol. The number of nitrogens with two attached hydrogens (primary N) is 2. The van der Waals surface area contributed by atoms with Gasteiger partial charge in [-0.2, -0.15) is 4.98 Å². The maximum Gasteiger partial charge on any atom is 0.254 e. The molecule has 0 bridgehead atoms. The van der Waals surface area contributed by atoms with Crippen LogP contribution in [0.25, 0.3) is 0 Å². The number of carbonyl (C=O) groups is 1. The van der Waals surface area contributed by atoms with E-state index in [1.165, 1.54) is 6.20 Å². The molecule has 0 saturated heterocycles. The fourth-order valence-corrected chi connectivity index (χ4v) is 1.30. The summed E-state index contributed by atoms with van der Waals surface area (Å²) in [4.78, 5) is 18.8. The highest BCUT2D eigenvalue weighted by Crippen LogP contribution is 2.14. The third-order valence-electron chi connectivity index (χ3n) is 2.11. The topological polar surface area (TPSA) is 107 Å². The van der Waals surface area contributed by atoms with Crippen molar-refractivity contribution >= 4 is 23.4 Å². The molecule has 2 aromatic rings. The first-order chi connectivity index (χ1) is 8.16. The summed E-state index contributed by atoms with van der Waals surface area (Å²) < 4.78 is 0. The van der Waals surface area contributed by atoms with Crippen molar-refractivity contribution in [3.05, 3.63) is 42.1 Å². The van der Waals surface area contributed by atoms with Gasteiger partial charge in [0, 0.05) is 11.9 Å². The molecule has 5 N–H and O–H groups in total. The first-order valence-corrected chi connectivity index (χ1v) is 4.91. The Balaban J connectivity index is 2.24. The van der Waals surface area contributed by atoms with Gasteiger partial charge in [-0.1, -0.05) is 18.2 Å². The number of primary amides is 1. The van der Waals surface area contributed by atoms with Crippen molar-refractivity contribution in [3.8, 4) is 0 Å². The number of nitrogen functional groups attached to an aromatic ring is 1. The summed E-state index contributed by atoms with van der Waals surface area (Å²) in [6, 6.07) is 9.38. The number of benzene rings is 1. The number of aromatic nitrogens is 2. The number of nitrogens with zero attached hydrogens (tertiary/aromatic N) is 2. The molecule has 1 amide bonds. The molecular weight excluding hydrogens is 218 g/mol. The largest absolute Gasteiger partial charge is 0.383 e. The highest BCUT2D eigenvalue weighted by Gasteiger charge is 2.08. The second-order valence-corrected chi connectivity index (χ2v) is 3.35. The zero-order chi connectivity index (χ0) is 12.3. The van der Waals surface area contributed by atoms with Crippen LogP contribution in [0.4, 0.5) is 17.5 Å². The molecule has 0 aliphatic rings. The van der Waals surface area contributed by atoms with E-state index in [-0.39, 0.29) is 11.4 Å². The Morgan fingerprint density at radius 3 is 2.53 bits per heavy atom. The summed E-state index contributed by atoms with van der Waals surface area (Å²) in [5.74, 6) is -0.265. The van der Waals surface area contributed by atoms with Crippen LogP contribution in [0.1, 0.15) is 10.4 Å². The van der Waals surface area contributed by atoms with Gasteiger partial charge in [0.2, 0.25) is 5.95 Å². The van der Waals surface area contributed by atoms with Crippen molar-refractivity contribution in [2.24, 2.45) is 5.73 Å². The highest BCUT2D eigenvalue weighted by molar-refractivity contribution is 5.96. The molecule has 0 spiro atoms. The van der Waals surface area contributed by atoms with Gasteiger partial charge in [0.15, 0.2) is 0 Å². The number of hydrogen-bond donors (Lipinski definition) is 3. The van der Waals surface area contributed by atoms with Crippen molar-refractivity contribution < 1.29 is 4.79 Å². The molecule has 0 fully saturated rings.